The van der Waals surface area contributed by atoms with Gasteiger partial charge in [0.25, 0.3) is 0 Å². The summed E-state index contributed by atoms with van der Waals surface area (Å²) in [4.78, 5) is 28.5. The van der Waals surface area contributed by atoms with Gasteiger partial charge in [-0.05, 0) is 64.5 Å². The third-order valence-electron chi connectivity index (χ3n) is 4.81. The molecule has 146 valence electrons. The number of alkyl carbamates (subject to hydrolysis) is 1. The van der Waals surface area contributed by atoms with Gasteiger partial charge < -0.3 is 19.8 Å². The van der Waals surface area contributed by atoms with Crippen LogP contribution in [0.2, 0.25) is 0 Å². The fourth-order valence-electron chi connectivity index (χ4n) is 3.41. The molecule has 0 radical (unpaired) electrons. The fourth-order valence-corrected chi connectivity index (χ4v) is 3.41. The zero-order chi connectivity index (χ0) is 19.4. The number of rotatable bonds is 4. The number of ether oxygens (including phenoxy) is 1. The molecule has 1 aliphatic rings. The van der Waals surface area contributed by atoms with Gasteiger partial charge in [0.2, 0.25) is 5.91 Å². The molecule has 1 aliphatic carbocycles. The predicted octanol–water partition coefficient (Wildman–Crippen LogP) is 3.60. The van der Waals surface area contributed by atoms with Crippen molar-refractivity contribution in [3.05, 3.63) is 30.7 Å². The molecule has 0 bridgehead atoms. The van der Waals surface area contributed by atoms with E-state index in [4.69, 9.17) is 4.74 Å². The van der Waals surface area contributed by atoms with Gasteiger partial charge in [-0.15, -0.1) is 0 Å². The summed E-state index contributed by atoms with van der Waals surface area (Å²) in [6.45, 7) is 6.14. The van der Waals surface area contributed by atoms with Gasteiger partial charge in [-0.25, -0.2) is 9.78 Å². The summed E-state index contributed by atoms with van der Waals surface area (Å²) in [5, 5.41) is 5.84. The highest BCUT2D eigenvalue weighted by Gasteiger charge is 2.27. The molecule has 1 saturated carbocycles. The first-order chi connectivity index (χ1) is 12.8. The fraction of sp³-hybridized carbons (Fsp3) is 0.550. The third-order valence-corrected chi connectivity index (χ3v) is 4.81. The molecule has 0 unspecified atom stereocenters. The largest absolute Gasteiger partial charge is 0.444 e. The molecule has 27 heavy (non-hydrogen) atoms. The topological polar surface area (TPSA) is 84.7 Å². The van der Waals surface area contributed by atoms with Crippen molar-refractivity contribution in [3.8, 4) is 0 Å². The van der Waals surface area contributed by atoms with Crippen LogP contribution in [-0.4, -0.2) is 33.5 Å². The molecule has 2 aromatic heterocycles. The van der Waals surface area contributed by atoms with Crippen molar-refractivity contribution in [3.63, 3.8) is 0 Å². The summed E-state index contributed by atoms with van der Waals surface area (Å²) in [6.07, 6.45) is 8.60. The predicted molar refractivity (Wildman–Crippen MR) is 104 cm³/mol. The summed E-state index contributed by atoms with van der Waals surface area (Å²) in [5.74, 6) is 0.471. The maximum Gasteiger partial charge on any atom is 0.407 e. The monoisotopic (exact) mass is 372 g/mol. The molecule has 2 amide bonds. The standard InChI is InChI=1S/C20H28N4O3/c1-20(2,3)27-19(26)22-12-14-4-6-15(7-5-14)18(25)23-16-8-9-17-21-10-11-24(17)13-16/h8-11,13-15H,4-7,12H2,1-3H3,(H,22,26)(H,23,25). The Morgan fingerprint density at radius 1 is 1.22 bits per heavy atom. The number of hydrogen-bond donors (Lipinski definition) is 2. The number of anilines is 1. The van der Waals surface area contributed by atoms with Crippen LogP contribution in [0.5, 0.6) is 0 Å². The van der Waals surface area contributed by atoms with Crippen molar-refractivity contribution in [1.82, 2.24) is 14.7 Å². The van der Waals surface area contributed by atoms with Crippen LogP contribution in [0.3, 0.4) is 0 Å². The molecule has 1 fully saturated rings. The number of pyridine rings is 1. The first-order valence-corrected chi connectivity index (χ1v) is 9.50. The van der Waals surface area contributed by atoms with E-state index in [9.17, 15) is 9.59 Å². The smallest absolute Gasteiger partial charge is 0.407 e. The molecule has 0 spiro atoms. The molecule has 2 heterocycles. The molecule has 7 nitrogen and oxygen atoms in total. The Balaban J connectivity index is 1.43. The normalized spacial score (nSPS) is 20.3. The second kappa shape index (κ2) is 7.98. The Morgan fingerprint density at radius 2 is 1.96 bits per heavy atom. The highest BCUT2D eigenvalue weighted by molar-refractivity contribution is 5.92. The summed E-state index contributed by atoms with van der Waals surface area (Å²) in [5.41, 5.74) is 1.14. The lowest BCUT2D eigenvalue weighted by Gasteiger charge is -2.28. The highest BCUT2D eigenvalue weighted by Crippen LogP contribution is 2.29. The molecular formula is C20H28N4O3. The number of fused-ring (bicyclic) bond motifs is 1. The lowest BCUT2D eigenvalue weighted by atomic mass is 9.81. The average Bonchev–Trinajstić information content (AvgIpc) is 3.06. The molecule has 2 N–H and O–H groups in total. The van der Waals surface area contributed by atoms with Crippen LogP contribution in [0, 0.1) is 11.8 Å². The Labute approximate surface area is 159 Å². The van der Waals surface area contributed by atoms with E-state index in [0.29, 0.717) is 12.5 Å². The van der Waals surface area contributed by atoms with Crippen molar-refractivity contribution in [2.24, 2.45) is 11.8 Å². The van der Waals surface area contributed by atoms with E-state index in [2.05, 4.69) is 15.6 Å². The van der Waals surface area contributed by atoms with E-state index < -0.39 is 5.60 Å². The molecule has 0 aromatic carbocycles. The summed E-state index contributed by atoms with van der Waals surface area (Å²) >= 11 is 0. The van der Waals surface area contributed by atoms with E-state index in [1.165, 1.54) is 0 Å². The molecule has 2 aromatic rings. The van der Waals surface area contributed by atoms with Crippen LogP contribution in [0.1, 0.15) is 46.5 Å². The number of hydrogen-bond acceptors (Lipinski definition) is 4. The lowest BCUT2D eigenvalue weighted by Crippen LogP contribution is -2.37. The van der Waals surface area contributed by atoms with Gasteiger partial charge in [-0.2, -0.15) is 0 Å². The maximum atomic E-state index is 12.5. The lowest BCUT2D eigenvalue weighted by molar-refractivity contribution is -0.121. The summed E-state index contributed by atoms with van der Waals surface area (Å²) in [6, 6.07) is 3.76. The molecule has 7 heteroatoms. The molecule has 0 aliphatic heterocycles. The van der Waals surface area contributed by atoms with Gasteiger partial charge in [-0.1, -0.05) is 0 Å². The minimum absolute atomic E-state index is 0.0151. The van der Waals surface area contributed by atoms with Crippen molar-refractivity contribution in [2.45, 2.75) is 52.1 Å². The van der Waals surface area contributed by atoms with Gasteiger partial charge in [0, 0.05) is 31.1 Å². The molecule has 0 saturated heterocycles. The first kappa shape index (κ1) is 19.2. The van der Waals surface area contributed by atoms with E-state index in [-0.39, 0.29) is 17.9 Å². The number of imidazole rings is 1. The van der Waals surface area contributed by atoms with Crippen LogP contribution in [-0.2, 0) is 9.53 Å². The van der Waals surface area contributed by atoms with Crippen molar-refractivity contribution < 1.29 is 14.3 Å². The number of amides is 2. The van der Waals surface area contributed by atoms with Gasteiger partial charge in [0.1, 0.15) is 11.2 Å². The van der Waals surface area contributed by atoms with E-state index in [1.54, 1.807) is 6.20 Å². The van der Waals surface area contributed by atoms with Crippen molar-refractivity contribution in [1.29, 1.82) is 0 Å². The Bertz CT molecular complexity index is 801. The molecular weight excluding hydrogens is 344 g/mol. The van der Waals surface area contributed by atoms with E-state index in [0.717, 1.165) is 37.0 Å². The van der Waals surface area contributed by atoms with Gasteiger partial charge >= 0.3 is 6.09 Å². The van der Waals surface area contributed by atoms with E-state index >= 15 is 0 Å². The zero-order valence-electron chi connectivity index (χ0n) is 16.2. The quantitative estimate of drug-likeness (QED) is 0.859. The van der Waals surface area contributed by atoms with E-state index in [1.807, 2.05) is 49.7 Å². The number of carbonyl (C=O) groups is 2. The third kappa shape index (κ3) is 5.45. The SMILES string of the molecule is CC(C)(C)OC(=O)NCC1CCC(C(=O)Nc2ccc3nccn3c2)CC1. The van der Waals surface area contributed by atoms with Crippen LogP contribution >= 0.6 is 0 Å². The first-order valence-electron chi connectivity index (χ1n) is 9.50. The molecule has 3 rings (SSSR count). The van der Waals surface area contributed by atoms with Crippen molar-refractivity contribution in [2.75, 3.05) is 11.9 Å². The maximum absolute atomic E-state index is 12.5. The second-order valence-corrected chi connectivity index (χ2v) is 8.20. The average molecular weight is 372 g/mol. The van der Waals surface area contributed by atoms with Gasteiger partial charge in [-0.3, -0.25) is 4.79 Å². The number of aromatic nitrogens is 2. The van der Waals surface area contributed by atoms with Gasteiger partial charge in [0.05, 0.1) is 5.69 Å². The Kier molecular flexibility index (Phi) is 5.68. The Morgan fingerprint density at radius 3 is 2.67 bits per heavy atom. The van der Waals surface area contributed by atoms with Gasteiger partial charge in [0.15, 0.2) is 0 Å². The van der Waals surface area contributed by atoms with Crippen LogP contribution in [0.4, 0.5) is 10.5 Å². The molecule has 0 atom stereocenters. The van der Waals surface area contributed by atoms with Crippen LogP contribution < -0.4 is 10.6 Å². The zero-order valence-corrected chi connectivity index (χ0v) is 16.2. The van der Waals surface area contributed by atoms with Crippen LogP contribution in [0.15, 0.2) is 30.7 Å². The van der Waals surface area contributed by atoms with Crippen molar-refractivity contribution >= 4 is 23.3 Å². The second-order valence-electron chi connectivity index (χ2n) is 8.20. The number of nitrogens with zero attached hydrogens (tertiary/aromatic N) is 2. The highest BCUT2D eigenvalue weighted by atomic mass is 16.6. The number of nitrogens with one attached hydrogen (secondary N) is 2. The Hall–Kier alpha value is -2.57. The minimum Gasteiger partial charge on any atom is -0.444 e. The minimum atomic E-state index is -0.487. The summed E-state index contributed by atoms with van der Waals surface area (Å²) in [7, 11) is 0. The van der Waals surface area contributed by atoms with Crippen LogP contribution in [0.25, 0.3) is 5.65 Å². The number of carbonyl (C=O) groups excluding carboxylic acids is 2. The summed E-state index contributed by atoms with van der Waals surface area (Å²) < 4.78 is 7.14.